The lowest BCUT2D eigenvalue weighted by Crippen LogP contribution is -2.48. The molecule has 1 aliphatic carbocycles. The summed E-state index contributed by atoms with van der Waals surface area (Å²) in [4.78, 5) is 19.0. The normalized spacial score (nSPS) is 20.9. The van der Waals surface area contributed by atoms with Gasteiger partial charge >= 0.3 is 6.03 Å². The molecular weight excluding hydrogens is 340 g/mol. The summed E-state index contributed by atoms with van der Waals surface area (Å²) < 4.78 is 1.93. The summed E-state index contributed by atoms with van der Waals surface area (Å²) in [6, 6.07) is 4.40. The molecule has 7 heteroatoms. The SMILES string of the molecule is Cn1ncc2c1CCCC2NC(=O)NC1CCN(Cc2ccncc2)CC1. The molecule has 1 fully saturated rings. The van der Waals surface area contributed by atoms with Crippen LogP contribution in [0.2, 0.25) is 0 Å². The molecule has 1 saturated heterocycles. The smallest absolute Gasteiger partial charge is 0.315 e. The highest BCUT2D eigenvalue weighted by Gasteiger charge is 2.26. The van der Waals surface area contributed by atoms with Crippen molar-refractivity contribution in [3.8, 4) is 0 Å². The number of likely N-dealkylation sites (tertiary alicyclic amines) is 1. The first-order valence-corrected chi connectivity index (χ1v) is 9.88. The van der Waals surface area contributed by atoms with Gasteiger partial charge in [0.15, 0.2) is 0 Å². The molecule has 0 radical (unpaired) electrons. The van der Waals surface area contributed by atoms with Gasteiger partial charge < -0.3 is 10.6 Å². The van der Waals surface area contributed by atoms with E-state index in [0.717, 1.165) is 51.7 Å². The number of aryl methyl sites for hydroxylation is 1. The lowest BCUT2D eigenvalue weighted by molar-refractivity contribution is 0.185. The second-order valence-corrected chi connectivity index (χ2v) is 7.64. The minimum Gasteiger partial charge on any atom is -0.335 e. The summed E-state index contributed by atoms with van der Waals surface area (Å²) in [5.74, 6) is 0. The second-order valence-electron chi connectivity index (χ2n) is 7.64. The maximum Gasteiger partial charge on any atom is 0.315 e. The topological polar surface area (TPSA) is 75.1 Å². The predicted molar refractivity (Wildman–Crippen MR) is 103 cm³/mol. The van der Waals surface area contributed by atoms with Crippen LogP contribution in [0.3, 0.4) is 0 Å². The average Bonchev–Trinajstić information content (AvgIpc) is 3.06. The highest BCUT2D eigenvalue weighted by atomic mass is 16.2. The van der Waals surface area contributed by atoms with Gasteiger partial charge in [0.2, 0.25) is 0 Å². The molecule has 2 amide bonds. The van der Waals surface area contributed by atoms with Gasteiger partial charge in [-0.25, -0.2) is 4.79 Å². The monoisotopic (exact) mass is 368 g/mol. The molecular formula is C20H28N6O. The van der Waals surface area contributed by atoms with Crippen molar-refractivity contribution in [3.05, 3.63) is 47.5 Å². The molecule has 2 aromatic rings. The lowest BCUT2D eigenvalue weighted by Gasteiger charge is -2.33. The molecule has 144 valence electrons. The van der Waals surface area contributed by atoms with E-state index in [9.17, 15) is 4.79 Å². The second kappa shape index (κ2) is 8.08. The molecule has 1 unspecified atom stereocenters. The third-order valence-electron chi connectivity index (χ3n) is 5.76. The van der Waals surface area contributed by atoms with Crippen molar-refractivity contribution in [2.24, 2.45) is 7.05 Å². The molecule has 0 saturated carbocycles. The van der Waals surface area contributed by atoms with Crippen LogP contribution in [-0.4, -0.2) is 44.8 Å². The standard InChI is InChI=1S/C20H28N6O/c1-25-19-4-2-3-18(17(19)13-22-25)24-20(27)23-16-7-11-26(12-8-16)14-15-5-9-21-10-6-15/h5-6,9-10,13,16,18H,2-4,7-8,11-12,14H2,1H3,(H2,23,24,27). The van der Waals surface area contributed by atoms with E-state index in [0.29, 0.717) is 0 Å². The first-order valence-electron chi connectivity index (χ1n) is 9.88. The molecule has 1 aliphatic heterocycles. The fourth-order valence-electron chi connectivity index (χ4n) is 4.22. The molecule has 1 atom stereocenters. The number of urea groups is 1. The highest BCUT2D eigenvalue weighted by Crippen LogP contribution is 2.29. The van der Waals surface area contributed by atoms with Gasteiger partial charge in [0, 0.05) is 56.4 Å². The number of hydrogen-bond donors (Lipinski definition) is 2. The predicted octanol–water partition coefficient (Wildman–Crippen LogP) is 2.16. The molecule has 0 spiro atoms. The molecule has 2 N–H and O–H groups in total. The summed E-state index contributed by atoms with van der Waals surface area (Å²) in [7, 11) is 1.97. The maximum atomic E-state index is 12.5. The van der Waals surface area contributed by atoms with E-state index in [1.165, 1.54) is 16.8 Å². The molecule has 4 rings (SSSR count). The van der Waals surface area contributed by atoms with Crippen LogP contribution in [-0.2, 0) is 20.0 Å². The first-order chi connectivity index (χ1) is 13.2. The van der Waals surface area contributed by atoms with E-state index >= 15 is 0 Å². The Labute approximate surface area is 160 Å². The minimum absolute atomic E-state index is 0.0516. The first kappa shape index (κ1) is 18.0. The van der Waals surface area contributed by atoms with Gasteiger partial charge in [-0.15, -0.1) is 0 Å². The largest absolute Gasteiger partial charge is 0.335 e. The minimum atomic E-state index is -0.0516. The van der Waals surface area contributed by atoms with Crippen molar-refractivity contribution >= 4 is 6.03 Å². The highest BCUT2D eigenvalue weighted by molar-refractivity contribution is 5.74. The van der Waals surface area contributed by atoms with E-state index in [2.05, 4.69) is 37.7 Å². The average molecular weight is 368 g/mol. The van der Waals surface area contributed by atoms with E-state index in [-0.39, 0.29) is 18.1 Å². The number of pyridine rings is 1. The summed E-state index contributed by atoms with van der Waals surface area (Å²) in [5, 5.41) is 10.7. The van der Waals surface area contributed by atoms with Gasteiger partial charge in [-0.2, -0.15) is 5.10 Å². The Morgan fingerprint density at radius 2 is 1.96 bits per heavy atom. The Morgan fingerprint density at radius 1 is 1.19 bits per heavy atom. The number of carbonyl (C=O) groups is 1. The molecule has 0 bridgehead atoms. The Bertz CT molecular complexity index is 766. The van der Waals surface area contributed by atoms with Crippen LogP contribution in [0.1, 0.15) is 48.5 Å². The van der Waals surface area contributed by atoms with Crippen LogP contribution in [0.15, 0.2) is 30.7 Å². The fourth-order valence-corrected chi connectivity index (χ4v) is 4.22. The summed E-state index contributed by atoms with van der Waals surface area (Å²) in [6.07, 6.45) is 10.7. The fraction of sp³-hybridized carbons (Fsp3) is 0.550. The van der Waals surface area contributed by atoms with Gasteiger partial charge in [0.25, 0.3) is 0 Å². The molecule has 27 heavy (non-hydrogen) atoms. The number of carbonyl (C=O) groups excluding carboxylic acids is 1. The number of nitrogens with zero attached hydrogens (tertiary/aromatic N) is 4. The van der Waals surface area contributed by atoms with Gasteiger partial charge in [-0.05, 0) is 49.8 Å². The number of fused-ring (bicyclic) bond motifs is 1. The van der Waals surface area contributed by atoms with Crippen LogP contribution in [0.5, 0.6) is 0 Å². The van der Waals surface area contributed by atoms with Crippen molar-refractivity contribution in [2.75, 3.05) is 13.1 Å². The Hall–Kier alpha value is -2.41. The van der Waals surface area contributed by atoms with Gasteiger partial charge in [-0.1, -0.05) is 0 Å². The zero-order chi connectivity index (χ0) is 18.6. The number of amides is 2. The van der Waals surface area contributed by atoms with Gasteiger partial charge in [-0.3, -0.25) is 14.6 Å². The van der Waals surface area contributed by atoms with E-state index in [4.69, 9.17) is 0 Å². The number of hydrogen-bond acceptors (Lipinski definition) is 4. The van der Waals surface area contributed by atoms with Crippen LogP contribution < -0.4 is 10.6 Å². The molecule has 2 aromatic heterocycles. The van der Waals surface area contributed by atoms with Crippen molar-refractivity contribution < 1.29 is 4.79 Å². The lowest BCUT2D eigenvalue weighted by atomic mass is 9.93. The van der Waals surface area contributed by atoms with E-state index < -0.39 is 0 Å². The quantitative estimate of drug-likeness (QED) is 0.867. The summed E-state index contributed by atoms with van der Waals surface area (Å²) >= 11 is 0. The van der Waals surface area contributed by atoms with Crippen LogP contribution >= 0.6 is 0 Å². The Morgan fingerprint density at radius 3 is 2.74 bits per heavy atom. The number of piperidine rings is 1. The number of aromatic nitrogens is 3. The summed E-state index contributed by atoms with van der Waals surface area (Å²) in [5.41, 5.74) is 3.71. The van der Waals surface area contributed by atoms with Crippen LogP contribution in [0, 0.1) is 0 Å². The number of rotatable bonds is 4. The van der Waals surface area contributed by atoms with Crippen LogP contribution in [0.4, 0.5) is 4.79 Å². The van der Waals surface area contributed by atoms with E-state index in [1.807, 2.05) is 30.3 Å². The van der Waals surface area contributed by atoms with Gasteiger partial charge in [0.1, 0.15) is 0 Å². The van der Waals surface area contributed by atoms with E-state index in [1.54, 1.807) is 0 Å². The third-order valence-corrected chi connectivity index (χ3v) is 5.76. The Kier molecular flexibility index (Phi) is 5.38. The molecule has 2 aliphatic rings. The van der Waals surface area contributed by atoms with Crippen molar-refractivity contribution in [3.63, 3.8) is 0 Å². The molecule has 7 nitrogen and oxygen atoms in total. The summed E-state index contributed by atoms with van der Waals surface area (Å²) in [6.45, 7) is 2.96. The van der Waals surface area contributed by atoms with Crippen molar-refractivity contribution in [1.29, 1.82) is 0 Å². The van der Waals surface area contributed by atoms with Gasteiger partial charge in [0.05, 0.1) is 12.2 Å². The zero-order valence-electron chi connectivity index (χ0n) is 15.9. The van der Waals surface area contributed by atoms with Crippen LogP contribution in [0.25, 0.3) is 0 Å². The van der Waals surface area contributed by atoms with Crippen molar-refractivity contribution in [1.82, 2.24) is 30.3 Å². The number of nitrogens with one attached hydrogen (secondary N) is 2. The molecule has 3 heterocycles. The Balaban J connectivity index is 1.24. The maximum absolute atomic E-state index is 12.5. The van der Waals surface area contributed by atoms with Crippen molar-refractivity contribution in [2.45, 2.75) is 50.7 Å². The third kappa shape index (κ3) is 4.30. The zero-order valence-corrected chi connectivity index (χ0v) is 15.9. The molecule has 0 aromatic carbocycles.